The Morgan fingerprint density at radius 1 is 1.39 bits per heavy atom. The fourth-order valence-electron chi connectivity index (χ4n) is 2.80. The summed E-state index contributed by atoms with van der Waals surface area (Å²) in [6.07, 6.45) is 2.53. The number of likely N-dealkylation sites (tertiary alicyclic amines) is 2. The first-order valence-electron chi connectivity index (χ1n) is 6.88. The van der Waals surface area contributed by atoms with Crippen LogP contribution in [-0.2, 0) is 9.59 Å². The maximum atomic E-state index is 12.3. The van der Waals surface area contributed by atoms with Gasteiger partial charge in [0.1, 0.15) is 0 Å². The van der Waals surface area contributed by atoms with Crippen molar-refractivity contribution in [1.82, 2.24) is 9.80 Å². The van der Waals surface area contributed by atoms with Crippen molar-refractivity contribution >= 4 is 11.8 Å². The number of nitrogens with two attached hydrogens (primary N) is 1. The molecule has 2 aliphatic rings. The van der Waals surface area contributed by atoms with E-state index in [9.17, 15) is 9.59 Å². The summed E-state index contributed by atoms with van der Waals surface area (Å²) >= 11 is 0. The van der Waals surface area contributed by atoms with E-state index in [1.807, 2.05) is 4.90 Å². The van der Waals surface area contributed by atoms with Crippen molar-refractivity contribution in [1.29, 1.82) is 0 Å². The predicted octanol–water partition coefficient (Wildman–Crippen LogP) is 0.0521. The van der Waals surface area contributed by atoms with E-state index in [1.54, 1.807) is 4.90 Å². The van der Waals surface area contributed by atoms with Crippen LogP contribution in [0.25, 0.3) is 0 Å². The maximum Gasteiger partial charge on any atom is 0.227 e. The summed E-state index contributed by atoms with van der Waals surface area (Å²) in [7, 11) is 0. The Morgan fingerprint density at radius 3 is 2.67 bits per heavy atom. The quantitative estimate of drug-likeness (QED) is 0.773. The van der Waals surface area contributed by atoms with Crippen molar-refractivity contribution in [3.05, 3.63) is 0 Å². The minimum Gasteiger partial charge on any atom is -0.342 e. The summed E-state index contributed by atoms with van der Waals surface area (Å²) in [5.41, 5.74) is 5.46. The molecule has 2 heterocycles. The average Bonchev–Trinajstić information content (AvgIpc) is 2.72. The van der Waals surface area contributed by atoms with E-state index in [-0.39, 0.29) is 17.7 Å². The van der Waals surface area contributed by atoms with Crippen LogP contribution in [0.1, 0.15) is 26.2 Å². The lowest BCUT2D eigenvalue weighted by atomic mass is 9.97. The lowest BCUT2D eigenvalue weighted by Crippen LogP contribution is -2.42. The Balaban J connectivity index is 1.88. The first-order valence-corrected chi connectivity index (χ1v) is 6.88. The van der Waals surface area contributed by atoms with Gasteiger partial charge in [-0.2, -0.15) is 0 Å². The van der Waals surface area contributed by atoms with E-state index in [2.05, 4.69) is 6.92 Å². The Hall–Kier alpha value is -1.10. The molecule has 0 aromatic rings. The first kappa shape index (κ1) is 13.3. The smallest absolute Gasteiger partial charge is 0.227 e. The molecule has 18 heavy (non-hydrogen) atoms. The highest BCUT2D eigenvalue weighted by Gasteiger charge is 2.36. The van der Waals surface area contributed by atoms with Crippen molar-refractivity contribution in [2.24, 2.45) is 17.6 Å². The molecule has 0 aromatic heterocycles. The van der Waals surface area contributed by atoms with E-state index < -0.39 is 0 Å². The molecule has 0 spiro atoms. The van der Waals surface area contributed by atoms with Gasteiger partial charge in [-0.3, -0.25) is 9.59 Å². The Morgan fingerprint density at radius 2 is 2.06 bits per heavy atom. The molecule has 1 atom stereocenters. The van der Waals surface area contributed by atoms with Crippen LogP contribution in [0.4, 0.5) is 0 Å². The number of carbonyl (C=O) groups is 2. The number of hydrogen-bond donors (Lipinski definition) is 1. The molecule has 102 valence electrons. The van der Waals surface area contributed by atoms with Crippen LogP contribution in [0.5, 0.6) is 0 Å². The van der Waals surface area contributed by atoms with Crippen LogP contribution >= 0.6 is 0 Å². The second-order valence-corrected chi connectivity index (χ2v) is 5.54. The fraction of sp³-hybridized carbons (Fsp3) is 0.846. The van der Waals surface area contributed by atoms with Crippen molar-refractivity contribution in [2.75, 3.05) is 32.7 Å². The summed E-state index contributed by atoms with van der Waals surface area (Å²) in [6, 6.07) is 0. The molecular weight excluding hydrogens is 230 g/mol. The van der Waals surface area contributed by atoms with Gasteiger partial charge in [0.05, 0.1) is 5.92 Å². The van der Waals surface area contributed by atoms with E-state index in [0.29, 0.717) is 32.0 Å². The zero-order chi connectivity index (χ0) is 13.1. The average molecular weight is 253 g/mol. The Kier molecular flexibility index (Phi) is 4.22. The lowest BCUT2D eigenvalue weighted by Gasteiger charge is -2.32. The van der Waals surface area contributed by atoms with Gasteiger partial charge in [-0.15, -0.1) is 0 Å². The summed E-state index contributed by atoms with van der Waals surface area (Å²) in [4.78, 5) is 27.7. The van der Waals surface area contributed by atoms with Gasteiger partial charge < -0.3 is 15.5 Å². The first-order chi connectivity index (χ1) is 8.61. The summed E-state index contributed by atoms with van der Waals surface area (Å²) < 4.78 is 0. The molecule has 0 aliphatic carbocycles. The molecule has 5 heteroatoms. The molecule has 0 bridgehead atoms. The largest absolute Gasteiger partial charge is 0.342 e. The molecule has 2 rings (SSSR count). The van der Waals surface area contributed by atoms with Gasteiger partial charge in [-0.1, -0.05) is 6.92 Å². The maximum absolute atomic E-state index is 12.3. The predicted molar refractivity (Wildman–Crippen MR) is 68.7 cm³/mol. The monoisotopic (exact) mass is 253 g/mol. The molecule has 5 nitrogen and oxygen atoms in total. The second-order valence-electron chi connectivity index (χ2n) is 5.54. The van der Waals surface area contributed by atoms with Gasteiger partial charge in [0.25, 0.3) is 0 Å². The van der Waals surface area contributed by atoms with Crippen LogP contribution in [0.3, 0.4) is 0 Å². The van der Waals surface area contributed by atoms with Gasteiger partial charge in [-0.05, 0) is 18.8 Å². The van der Waals surface area contributed by atoms with Crippen molar-refractivity contribution in [3.63, 3.8) is 0 Å². The molecule has 2 aliphatic heterocycles. The third-order valence-corrected chi connectivity index (χ3v) is 4.06. The van der Waals surface area contributed by atoms with Gasteiger partial charge in [0.2, 0.25) is 11.8 Å². The van der Waals surface area contributed by atoms with Crippen LogP contribution in [0.15, 0.2) is 0 Å². The number of piperidine rings is 1. The van der Waals surface area contributed by atoms with Crippen LogP contribution < -0.4 is 5.73 Å². The van der Waals surface area contributed by atoms with Gasteiger partial charge in [-0.25, -0.2) is 0 Å². The molecular formula is C13H23N3O2. The standard InChI is InChI=1S/C13H23N3O2/c1-10-2-5-15(6-3-10)13(18)11-8-12(17)16(9-11)7-4-14/h10-11H,2-9,14H2,1H3. The van der Waals surface area contributed by atoms with Gasteiger partial charge in [0.15, 0.2) is 0 Å². The minimum atomic E-state index is -0.141. The van der Waals surface area contributed by atoms with Crippen molar-refractivity contribution in [2.45, 2.75) is 26.2 Å². The molecule has 0 aromatic carbocycles. The molecule has 2 saturated heterocycles. The van der Waals surface area contributed by atoms with Gasteiger partial charge in [0, 0.05) is 39.1 Å². The summed E-state index contributed by atoms with van der Waals surface area (Å²) in [5.74, 6) is 0.810. The topological polar surface area (TPSA) is 66.6 Å². The molecule has 1 unspecified atom stereocenters. The number of hydrogen-bond acceptors (Lipinski definition) is 3. The zero-order valence-electron chi connectivity index (χ0n) is 11.1. The normalized spacial score (nSPS) is 25.9. The Bertz CT molecular complexity index is 324. The van der Waals surface area contributed by atoms with E-state index in [0.717, 1.165) is 25.9 Å². The van der Waals surface area contributed by atoms with Crippen LogP contribution in [0.2, 0.25) is 0 Å². The highest BCUT2D eigenvalue weighted by molar-refractivity contribution is 5.89. The molecule has 2 N–H and O–H groups in total. The van der Waals surface area contributed by atoms with E-state index in [1.165, 1.54) is 0 Å². The molecule has 0 radical (unpaired) electrons. The Labute approximate surface area is 108 Å². The van der Waals surface area contributed by atoms with E-state index in [4.69, 9.17) is 5.73 Å². The molecule has 2 amide bonds. The summed E-state index contributed by atoms with van der Waals surface area (Å²) in [6.45, 7) is 5.52. The third-order valence-electron chi connectivity index (χ3n) is 4.06. The molecule has 0 saturated carbocycles. The minimum absolute atomic E-state index is 0.0733. The zero-order valence-corrected chi connectivity index (χ0v) is 11.1. The lowest BCUT2D eigenvalue weighted by molar-refractivity contribution is -0.137. The second kappa shape index (κ2) is 5.69. The van der Waals surface area contributed by atoms with Crippen LogP contribution in [-0.4, -0.2) is 54.3 Å². The van der Waals surface area contributed by atoms with E-state index >= 15 is 0 Å². The van der Waals surface area contributed by atoms with Crippen molar-refractivity contribution < 1.29 is 9.59 Å². The number of nitrogens with zero attached hydrogens (tertiary/aromatic N) is 2. The number of rotatable bonds is 3. The number of amides is 2. The fourth-order valence-corrected chi connectivity index (χ4v) is 2.80. The third kappa shape index (κ3) is 2.83. The highest BCUT2D eigenvalue weighted by Crippen LogP contribution is 2.23. The van der Waals surface area contributed by atoms with Gasteiger partial charge >= 0.3 is 0 Å². The SMILES string of the molecule is CC1CCN(C(=O)C2CC(=O)N(CCN)C2)CC1. The number of carbonyl (C=O) groups excluding carboxylic acids is 2. The highest BCUT2D eigenvalue weighted by atomic mass is 16.2. The van der Waals surface area contributed by atoms with Crippen LogP contribution in [0, 0.1) is 11.8 Å². The molecule has 2 fully saturated rings. The van der Waals surface area contributed by atoms with Crippen molar-refractivity contribution in [3.8, 4) is 0 Å². The summed E-state index contributed by atoms with van der Waals surface area (Å²) in [5, 5.41) is 0.